The first-order valence-electron chi connectivity index (χ1n) is 10.6. The predicted molar refractivity (Wildman–Crippen MR) is 122 cm³/mol. The molecule has 30 heavy (non-hydrogen) atoms. The average molecular weight is 427 g/mol. The van der Waals surface area contributed by atoms with E-state index in [1.165, 1.54) is 18.4 Å². The van der Waals surface area contributed by atoms with E-state index in [0.29, 0.717) is 12.6 Å². The van der Waals surface area contributed by atoms with E-state index >= 15 is 0 Å². The van der Waals surface area contributed by atoms with E-state index in [4.69, 9.17) is 9.73 Å². The van der Waals surface area contributed by atoms with Crippen LogP contribution in [-0.4, -0.2) is 53.5 Å². The Morgan fingerprint density at radius 3 is 2.73 bits per heavy atom. The predicted octanol–water partition coefficient (Wildman–Crippen LogP) is 3.30. The molecular weight excluding hydrogens is 396 g/mol. The Morgan fingerprint density at radius 1 is 1.23 bits per heavy atom. The smallest absolute Gasteiger partial charge is 0.193 e. The van der Waals surface area contributed by atoms with E-state index in [0.717, 1.165) is 48.5 Å². The zero-order valence-corrected chi connectivity index (χ0v) is 18.5. The van der Waals surface area contributed by atoms with Crippen molar-refractivity contribution >= 4 is 22.3 Å². The van der Waals surface area contributed by atoms with Crippen molar-refractivity contribution < 1.29 is 4.74 Å². The van der Waals surface area contributed by atoms with Gasteiger partial charge in [0.1, 0.15) is 5.75 Å². The van der Waals surface area contributed by atoms with E-state index in [2.05, 4.69) is 39.6 Å². The summed E-state index contributed by atoms with van der Waals surface area (Å²) in [5, 5.41) is 8.96. The number of benzene rings is 1. The summed E-state index contributed by atoms with van der Waals surface area (Å²) in [6, 6.07) is 8.74. The Hall–Kier alpha value is -2.58. The number of nitrogens with zero attached hydrogens (tertiary/aromatic N) is 4. The molecule has 0 amide bonds. The van der Waals surface area contributed by atoms with Crippen molar-refractivity contribution in [3.63, 3.8) is 0 Å². The molecule has 0 radical (unpaired) electrons. The van der Waals surface area contributed by atoms with Gasteiger partial charge >= 0.3 is 0 Å². The number of likely N-dealkylation sites (tertiary alicyclic amines) is 1. The quantitative estimate of drug-likeness (QED) is 0.427. The molecule has 1 atom stereocenters. The Kier molecular flexibility index (Phi) is 6.86. The highest BCUT2D eigenvalue weighted by Gasteiger charge is 2.23. The van der Waals surface area contributed by atoms with Crippen LogP contribution >= 0.6 is 11.3 Å². The summed E-state index contributed by atoms with van der Waals surface area (Å²) in [5.41, 5.74) is 2.28. The van der Waals surface area contributed by atoms with E-state index in [1.54, 1.807) is 18.4 Å². The second-order valence-electron chi connectivity index (χ2n) is 7.43. The van der Waals surface area contributed by atoms with Gasteiger partial charge < -0.3 is 15.4 Å². The third-order valence-electron chi connectivity index (χ3n) is 5.43. The van der Waals surface area contributed by atoms with Gasteiger partial charge in [-0.25, -0.2) is 9.98 Å². The van der Waals surface area contributed by atoms with Gasteiger partial charge in [-0.05, 0) is 50.6 Å². The van der Waals surface area contributed by atoms with Gasteiger partial charge in [0, 0.05) is 30.9 Å². The van der Waals surface area contributed by atoms with Crippen LogP contribution in [0.2, 0.25) is 0 Å². The fraction of sp³-hybridized carbons (Fsp3) is 0.455. The molecular formula is C22H30N6OS. The van der Waals surface area contributed by atoms with E-state index in [1.807, 2.05) is 34.3 Å². The Morgan fingerprint density at radius 2 is 2.03 bits per heavy atom. The number of ether oxygens (including phenoxy) is 1. The molecule has 1 unspecified atom stereocenters. The van der Waals surface area contributed by atoms with Crippen molar-refractivity contribution in [1.82, 2.24) is 24.9 Å². The fourth-order valence-corrected chi connectivity index (χ4v) is 4.60. The number of methoxy groups -OCH3 is 1. The Labute approximate surface area is 181 Å². The molecule has 7 nitrogen and oxygen atoms in total. The first-order valence-corrected chi connectivity index (χ1v) is 11.5. The van der Waals surface area contributed by atoms with Crippen molar-refractivity contribution in [3.05, 3.63) is 53.3 Å². The molecule has 0 aliphatic carbocycles. The van der Waals surface area contributed by atoms with Crippen molar-refractivity contribution in [3.8, 4) is 5.75 Å². The number of rotatable bonds is 8. The molecule has 2 N–H and O–H groups in total. The zero-order valence-electron chi connectivity index (χ0n) is 17.7. The van der Waals surface area contributed by atoms with Gasteiger partial charge in [-0.15, -0.1) is 11.3 Å². The van der Waals surface area contributed by atoms with Crippen LogP contribution in [-0.2, 0) is 6.54 Å². The molecule has 1 aliphatic heterocycles. The lowest BCUT2D eigenvalue weighted by molar-refractivity contribution is 0.245. The standard InChI is InChI=1S/C22H30N6OS/c1-3-23-21(24-14-18-16-28-12-13-30-22(28)26-18)25-15-20(27-10-4-5-11-27)17-6-8-19(29-2)9-7-17/h6-9,12-13,16,20H,3-5,10-11,14-15H2,1-2H3,(H2,23,24,25). The summed E-state index contributed by atoms with van der Waals surface area (Å²) in [6.07, 6.45) is 6.60. The summed E-state index contributed by atoms with van der Waals surface area (Å²) < 4.78 is 7.37. The number of nitrogens with one attached hydrogen (secondary N) is 2. The number of aromatic nitrogens is 2. The Bertz CT molecular complexity index is 929. The van der Waals surface area contributed by atoms with Crippen molar-refractivity contribution in [1.29, 1.82) is 0 Å². The largest absolute Gasteiger partial charge is 0.497 e. The third kappa shape index (κ3) is 4.94. The fourth-order valence-electron chi connectivity index (χ4n) is 3.88. The van der Waals surface area contributed by atoms with Gasteiger partial charge in [0.25, 0.3) is 0 Å². The van der Waals surface area contributed by atoms with Crippen LogP contribution in [0.3, 0.4) is 0 Å². The van der Waals surface area contributed by atoms with Crippen LogP contribution in [0, 0.1) is 0 Å². The maximum absolute atomic E-state index is 5.33. The topological polar surface area (TPSA) is 66.2 Å². The molecule has 0 spiro atoms. The van der Waals surface area contributed by atoms with E-state index in [-0.39, 0.29) is 0 Å². The minimum Gasteiger partial charge on any atom is -0.497 e. The van der Waals surface area contributed by atoms with Crippen LogP contribution in [0.4, 0.5) is 0 Å². The summed E-state index contributed by atoms with van der Waals surface area (Å²) in [6.45, 7) is 6.54. The number of guanidine groups is 1. The average Bonchev–Trinajstić information content (AvgIpc) is 3.50. The number of fused-ring (bicyclic) bond motifs is 1. The first-order chi connectivity index (χ1) is 14.8. The highest BCUT2D eigenvalue weighted by atomic mass is 32.1. The lowest BCUT2D eigenvalue weighted by Crippen LogP contribution is -2.42. The summed E-state index contributed by atoms with van der Waals surface area (Å²) in [5.74, 6) is 1.72. The molecule has 8 heteroatoms. The molecule has 1 aromatic carbocycles. The summed E-state index contributed by atoms with van der Waals surface area (Å²) >= 11 is 1.64. The number of thiazole rings is 1. The number of hydrogen-bond acceptors (Lipinski definition) is 5. The van der Waals surface area contributed by atoms with Crippen LogP contribution in [0.5, 0.6) is 5.75 Å². The van der Waals surface area contributed by atoms with Gasteiger partial charge in [-0.1, -0.05) is 12.1 Å². The van der Waals surface area contributed by atoms with E-state index < -0.39 is 0 Å². The van der Waals surface area contributed by atoms with Gasteiger partial charge in [0.05, 0.1) is 25.4 Å². The number of hydrogen-bond donors (Lipinski definition) is 2. The van der Waals surface area contributed by atoms with Gasteiger partial charge in [-0.2, -0.15) is 0 Å². The van der Waals surface area contributed by atoms with Crippen molar-refractivity contribution in [2.75, 3.05) is 33.3 Å². The summed E-state index contributed by atoms with van der Waals surface area (Å²) in [4.78, 5) is 13.0. The van der Waals surface area contributed by atoms with Gasteiger partial charge in [-0.3, -0.25) is 9.30 Å². The maximum atomic E-state index is 5.33. The van der Waals surface area contributed by atoms with E-state index in [9.17, 15) is 0 Å². The molecule has 1 fully saturated rings. The van der Waals surface area contributed by atoms with Gasteiger partial charge in [0.2, 0.25) is 0 Å². The second-order valence-corrected chi connectivity index (χ2v) is 8.31. The molecule has 4 rings (SSSR count). The second kappa shape index (κ2) is 9.95. The van der Waals surface area contributed by atoms with Gasteiger partial charge in [0.15, 0.2) is 10.9 Å². The number of imidazole rings is 1. The van der Waals surface area contributed by atoms with Crippen LogP contribution in [0.15, 0.2) is 47.0 Å². The highest BCUT2D eigenvalue weighted by Crippen LogP contribution is 2.26. The molecule has 0 bridgehead atoms. The Balaban J connectivity index is 1.45. The minimum atomic E-state index is 0.306. The maximum Gasteiger partial charge on any atom is 0.193 e. The van der Waals surface area contributed by atoms with Crippen molar-refractivity contribution in [2.24, 2.45) is 4.99 Å². The molecule has 3 aromatic rings. The molecule has 0 saturated carbocycles. The molecule has 1 saturated heterocycles. The SMILES string of the molecule is CCNC(=NCc1cn2ccsc2n1)NCC(c1ccc(OC)cc1)N1CCCC1. The lowest BCUT2D eigenvalue weighted by Gasteiger charge is -2.29. The molecule has 2 aromatic heterocycles. The number of aliphatic imine (C=N–C) groups is 1. The van der Waals surface area contributed by atoms with Crippen LogP contribution in [0.1, 0.15) is 37.1 Å². The third-order valence-corrected chi connectivity index (χ3v) is 6.20. The normalized spacial score (nSPS) is 16.1. The molecule has 160 valence electrons. The highest BCUT2D eigenvalue weighted by molar-refractivity contribution is 7.15. The van der Waals surface area contributed by atoms with Crippen LogP contribution < -0.4 is 15.4 Å². The van der Waals surface area contributed by atoms with Crippen LogP contribution in [0.25, 0.3) is 4.96 Å². The molecule has 1 aliphatic rings. The first kappa shape index (κ1) is 20.7. The molecule has 3 heterocycles. The summed E-state index contributed by atoms with van der Waals surface area (Å²) in [7, 11) is 1.71. The lowest BCUT2D eigenvalue weighted by atomic mass is 10.1. The minimum absolute atomic E-state index is 0.306. The zero-order chi connectivity index (χ0) is 20.8. The van der Waals surface area contributed by atoms with Crippen molar-refractivity contribution in [2.45, 2.75) is 32.4 Å². The monoisotopic (exact) mass is 426 g/mol.